The van der Waals surface area contributed by atoms with Crippen molar-refractivity contribution >= 4 is 22.9 Å². The van der Waals surface area contributed by atoms with Crippen LogP contribution in [-0.4, -0.2) is 6.54 Å². The molecule has 0 radical (unpaired) electrons. The van der Waals surface area contributed by atoms with Crippen LogP contribution in [0.25, 0.3) is 0 Å². The molecule has 0 fully saturated rings. The van der Waals surface area contributed by atoms with Crippen LogP contribution in [0.4, 0.5) is 0 Å². The first-order valence-electron chi connectivity index (χ1n) is 6.29. The lowest BCUT2D eigenvalue weighted by Crippen LogP contribution is -2.30. The monoisotopic (exact) mass is 277 g/mol. The predicted octanol–water partition coefficient (Wildman–Crippen LogP) is 4.39. The van der Waals surface area contributed by atoms with Crippen LogP contribution in [0.3, 0.4) is 0 Å². The lowest BCUT2D eigenvalue weighted by atomic mass is 9.77. The fourth-order valence-corrected chi connectivity index (χ4v) is 3.52. The maximum atomic E-state index is 5.96. The topological polar surface area (TPSA) is 12.0 Å². The van der Waals surface area contributed by atoms with Crippen LogP contribution < -0.4 is 5.32 Å². The van der Waals surface area contributed by atoms with E-state index < -0.39 is 0 Å². The Balaban J connectivity index is 1.57. The third kappa shape index (κ3) is 2.33. The van der Waals surface area contributed by atoms with Gasteiger partial charge < -0.3 is 5.32 Å². The second kappa shape index (κ2) is 5.04. The predicted molar refractivity (Wildman–Crippen MR) is 78.6 cm³/mol. The quantitative estimate of drug-likeness (QED) is 0.874. The Bertz CT molecular complexity index is 549. The van der Waals surface area contributed by atoms with Gasteiger partial charge in [0.05, 0.1) is 4.34 Å². The van der Waals surface area contributed by atoms with Gasteiger partial charge in [0.1, 0.15) is 0 Å². The third-order valence-corrected chi connectivity index (χ3v) is 4.83. The molecular formula is C15H16ClNS. The molecule has 1 nitrogen and oxygen atoms in total. The molecule has 0 saturated heterocycles. The van der Waals surface area contributed by atoms with Gasteiger partial charge in [0.2, 0.25) is 0 Å². The van der Waals surface area contributed by atoms with Gasteiger partial charge in [-0.1, -0.05) is 35.9 Å². The Labute approximate surface area is 117 Å². The highest BCUT2D eigenvalue weighted by atomic mass is 35.5. The molecule has 0 bridgehead atoms. The Morgan fingerprint density at radius 3 is 3.00 bits per heavy atom. The number of fused-ring (bicyclic) bond motifs is 1. The SMILES string of the molecule is CC(NCC1Cc2ccccc21)c1csc(Cl)c1. The average Bonchev–Trinajstić information content (AvgIpc) is 2.77. The maximum Gasteiger partial charge on any atom is 0.0931 e. The number of benzene rings is 1. The van der Waals surface area contributed by atoms with Crippen LogP contribution in [0, 0.1) is 0 Å². The Morgan fingerprint density at radius 2 is 2.28 bits per heavy atom. The van der Waals surface area contributed by atoms with Crippen LogP contribution in [0.2, 0.25) is 4.34 Å². The fraction of sp³-hybridized carbons (Fsp3) is 0.333. The molecular weight excluding hydrogens is 262 g/mol. The summed E-state index contributed by atoms with van der Waals surface area (Å²) in [6.45, 7) is 3.24. The summed E-state index contributed by atoms with van der Waals surface area (Å²) in [5, 5.41) is 5.74. The van der Waals surface area contributed by atoms with E-state index in [9.17, 15) is 0 Å². The lowest BCUT2D eigenvalue weighted by Gasteiger charge is -2.31. The van der Waals surface area contributed by atoms with Gasteiger partial charge in [-0.2, -0.15) is 0 Å². The van der Waals surface area contributed by atoms with Gasteiger partial charge in [-0.15, -0.1) is 11.3 Å². The highest BCUT2D eigenvalue weighted by Crippen LogP contribution is 2.34. The molecule has 18 heavy (non-hydrogen) atoms. The van der Waals surface area contributed by atoms with E-state index in [0.717, 1.165) is 10.9 Å². The Morgan fingerprint density at radius 1 is 1.44 bits per heavy atom. The summed E-state index contributed by atoms with van der Waals surface area (Å²) in [5.41, 5.74) is 4.31. The molecule has 2 unspecified atom stereocenters. The van der Waals surface area contributed by atoms with Gasteiger partial charge in [-0.25, -0.2) is 0 Å². The third-order valence-electron chi connectivity index (χ3n) is 3.72. The smallest absolute Gasteiger partial charge is 0.0931 e. The zero-order chi connectivity index (χ0) is 12.5. The van der Waals surface area contributed by atoms with Crippen LogP contribution in [-0.2, 0) is 6.42 Å². The number of thiophene rings is 1. The minimum absolute atomic E-state index is 0.376. The highest BCUT2D eigenvalue weighted by molar-refractivity contribution is 7.14. The van der Waals surface area contributed by atoms with Crippen LogP contribution >= 0.6 is 22.9 Å². The van der Waals surface area contributed by atoms with Crippen molar-refractivity contribution in [2.45, 2.75) is 25.3 Å². The second-order valence-electron chi connectivity index (χ2n) is 4.91. The van der Waals surface area contributed by atoms with Crippen LogP contribution in [0.15, 0.2) is 35.7 Å². The van der Waals surface area contributed by atoms with E-state index in [4.69, 9.17) is 11.6 Å². The molecule has 1 aliphatic carbocycles. The number of nitrogens with one attached hydrogen (secondary N) is 1. The standard InChI is InChI=1S/C15H16ClNS/c1-10(13-7-15(16)18-9-13)17-8-12-6-11-4-2-3-5-14(11)12/h2-5,7,9-10,12,17H,6,8H2,1H3. The van der Waals surface area contributed by atoms with E-state index in [1.54, 1.807) is 11.3 Å². The summed E-state index contributed by atoms with van der Waals surface area (Å²) in [7, 11) is 0. The molecule has 1 aliphatic rings. The molecule has 1 aromatic carbocycles. The van der Waals surface area contributed by atoms with Gasteiger partial charge in [-0.3, -0.25) is 0 Å². The minimum atomic E-state index is 0.376. The van der Waals surface area contributed by atoms with E-state index in [-0.39, 0.29) is 0 Å². The maximum absolute atomic E-state index is 5.96. The summed E-state index contributed by atoms with van der Waals surface area (Å²) in [5.74, 6) is 0.678. The first kappa shape index (κ1) is 12.2. The van der Waals surface area contributed by atoms with Gasteiger partial charge in [0, 0.05) is 18.5 Å². The first-order chi connectivity index (χ1) is 8.74. The van der Waals surface area contributed by atoms with Gasteiger partial charge in [0.25, 0.3) is 0 Å². The van der Waals surface area contributed by atoms with Crippen molar-refractivity contribution in [3.63, 3.8) is 0 Å². The molecule has 0 spiro atoms. The van der Waals surface area contributed by atoms with E-state index in [2.05, 4.69) is 48.0 Å². The number of halogens is 1. The molecule has 1 aromatic heterocycles. The Kier molecular flexibility index (Phi) is 3.42. The molecule has 1 N–H and O–H groups in total. The molecule has 1 heterocycles. The number of rotatable bonds is 4. The summed E-state index contributed by atoms with van der Waals surface area (Å²) < 4.78 is 0.868. The lowest BCUT2D eigenvalue weighted by molar-refractivity contribution is 0.490. The normalized spacial score (nSPS) is 19.1. The first-order valence-corrected chi connectivity index (χ1v) is 7.55. The summed E-state index contributed by atoms with van der Waals surface area (Å²) in [4.78, 5) is 0. The van der Waals surface area contributed by atoms with Crippen molar-refractivity contribution < 1.29 is 0 Å². The van der Waals surface area contributed by atoms with E-state index in [1.807, 2.05) is 0 Å². The summed E-state index contributed by atoms with van der Waals surface area (Å²) >= 11 is 7.56. The molecule has 94 valence electrons. The largest absolute Gasteiger partial charge is 0.310 e. The van der Waals surface area contributed by atoms with Crippen molar-refractivity contribution in [1.82, 2.24) is 5.32 Å². The van der Waals surface area contributed by atoms with E-state index in [0.29, 0.717) is 12.0 Å². The summed E-state index contributed by atoms with van der Waals surface area (Å²) in [6.07, 6.45) is 1.21. The number of hydrogen-bond donors (Lipinski definition) is 1. The van der Waals surface area contributed by atoms with Crippen molar-refractivity contribution in [1.29, 1.82) is 0 Å². The van der Waals surface area contributed by atoms with Gasteiger partial charge >= 0.3 is 0 Å². The van der Waals surface area contributed by atoms with Crippen molar-refractivity contribution in [3.8, 4) is 0 Å². The van der Waals surface area contributed by atoms with E-state index in [1.165, 1.54) is 23.1 Å². The zero-order valence-electron chi connectivity index (χ0n) is 10.3. The van der Waals surface area contributed by atoms with Gasteiger partial charge in [0.15, 0.2) is 0 Å². The Hall–Kier alpha value is -0.830. The van der Waals surface area contributed by atoms with Crippen LogP contribution in [0.5, 0.6) is 0 Å². The average molecular weight is 278 g/mol. The zero-order valence-corrected chi connectivity index (χ0v) is 11.9. The molecule has 0 aliphatic heterocycles. The molecule has 3 rings (SSSR count). The second-order valence-corrected chi connectivity index (χ2v) is 6.46. The molecule has 0 saturated carbocycles. The molecule has 0 amide bonds. The van der Waals surface area contributed by atoms with Crippen molar-refractivity contribution in [2.75, 3.05) is 6.54 Å². The highest BCUT2D eigenvalue weighted by Gasteiger charge is 2.25. The number of hydrogen-bond acceptors (Lipinski definition) is 2. The van der Waals surface area contributed by atoms with Crippen molar-refractivity contribution in [3.05, 3.63) is 56.7 Å². The fourth-order valence-electron chi connectivity index (χ4n) is 2.53. The van der Waals surface area contributed by atoms with Gasteiger partial charge in [-0.05, 0) is 41.5 Å². The van der Waals surface area contributed by atoms with Crippen molar-refractivity contribution in [2.24, 2.45) is 0 Å². The molecule has 2 atom stereocenters. The van der Waals surface area contributed by atoms with Crippen LogP contribution in [0.1, 0.15) is 35.6 Å². The minimum Gasteiger partial charge on any atom is -0.310 e. The van der Waals surface area contributed by atoms with E-state index >= 15 is 0 Å². The summed E-state index contributed by atoms with van der Waals surface area (Å²) in [6, 6.07) is 11.2. The molecule has 2 aromatic rings. The molecule has 3 heteroatoms.